The van der Waals surface area contributed by atoms with Gasteiger partial charge >= 0.3 is 0 Å². The zero-order chi connectivity index (χ0) is 12.5. The summed E-state index contributed by atoms with van der Waals surface area (Å²) in [6.45, 7) is 1.86. The summed E-state index contributed by atoms with van der Waals surface area (Å²) in [6, 6.07) is 9.72. The Balaban J connectivity index is 2.24. The Kier molecular flexibility index (Phi) is 6.81. The van der Waals surface area contributed by atoms with E-state index in [1.807, 2.05) is 30.3 Å². The monoisotopic (exact) mass is 238 g/mol. The van der Waals surface area contributed by atoms with E-state index in [9.17, 15) is 5.11 Å². The van der Waals surface area contributed by atoms with E-state index >= 15 is 0 Å². The average Bonchev–Trinajstić information content (AvgIpc) is 2.35. The molecule has 96 valence electrons. The summed E-state index contributed by atoms with van der Waals surface area (Å²) in [5, 5.41) is 12.9. The fourth-order valence-electron chi connectivity index (χ4n) is 1.60. The number of methoxy groups -OCH3 is 1. The lowest BCUT2D eigenvalue weighted by molar-refractivity contribution is 0.135. The third-order valence-electron chi connectivity index (χ3n) is 2.64. The van der Waals surface area contributed by atoms with Gasteiger partial charge in [0.25, 0.3) is 0 Å². The van der Waals surface area contributed by atoms with E-state index in [1.54, 1.807) is 7.11 Å². The fraction of sp³-hybridized carbons (Fsp3) is 0.538. The molecule has 17 heavy (non-hydrogen) atoms. The van der Waals surface area contributed by atoms with Crippen LogP contribution in [0.1, 0.15) is 5.56 Å². The fourth-order valence-corrected chi connectivity index (χ4v) is 1.60. The number of benzene rings is 1. The molecule has 0 aliphatic carbocycles. The molecule has 0 fully saturated rings. The van der Waals surface area contributed by atoms with Gasteiger partial charge in [-0.2, -0.15) is 0 Å². The molecular formula is C13H22N2O2. The number of hydrogen-bond donors (Lipinski definition) is 3. The van der Waals surface area contributed by atoms with Gasteiger partial charge in [0.1, 0.15) is 0 Å². The first-order valence-corrected chi connectivity index (χ1v) is 5.91. The van der Waals surface area contributed by atoms with Crippen LogP contribution in [0.5, 0.6) is 0 Å². The van der Waals surface area contributed by atoms with E-state index in [2.05, 4.69) is 5.32 Å². The zero-order valence-electron chi connectivity index (χ0n) is 10.3. The van der Waals surface area contributed by atoms with Crippen LogP contribution in [0.25, 0.3) is 0 Å². The summed E-state index contributed by atoms with van der Waals surface area (Å²) < 4.78 is 4.90. The van der Waals surface area contributed by atoms with Gasteiger partial charge in [-0.3, -0.25) is 0 Å². The highest BCUT2D eigenvalue weighted by molar-refractivity contribution is 5.16. The van der Waals surface area contributed by atoms with Gasteiger partial charge in [-0.1, -0.05) is 30.3 Å². The first-order chi connectivity index (χ1) is 8.24. The SMILES string of the molecule is COCCNC[C@@H](O)[C@@H](N)Cc1ccccc1. The summed E-state index contributed by atoms with van der Waals surface area (Å²) in [5.41, 5.74) is 7.09. The molecule has 4 nitrogen and oxygen atoms in total. The van der Waals surface area contributed by atoms with Crippen LogP contribution < -0.4 is 11.1 Å². The summed E-state index contributed by atoms with van der Waals surface area (Å²) >= 11 is 0. The number of nitrogens with one attached hydrogen (secondary N) is 1. The molecule has 1 aromatic carbocycles. The largest absolute Gasteiger partial charge is 0.390 e. The summed E-state index contributed by atoms with van der Waals surface area (Å²) in [5.74, 6) is 0. The molecule has 0 heterocycles. The van der Waals surface area contributed by atoms with Gasteiger partial charge in [-0.25, -0.2) is 0 Å². The molecule has 0 bridgehead atoms. The molecule has 2 atom stereocenters. The van der Waals surface area contributed by atoms with E-state index in [1.165, 1.54) is 0 Å². The number of aliphatic hydroxyl groups excluding tert-OH is 1. The predicted octanol–water partition coefficient (Wildman–Crippen LogP) is 0.153. The first-order valence-electron chi connectivity index (χ1n) is 5.91. The van der Waals surface area contributed by atoms with Crippen molar-refractivity contribution in [3.05, 3.63) is 35.9 Å². The van der Waals surface area contributed by atoms with Crippen molar-refractivity contribution >= 4 is 0 Å². The van der Waals surface area contributed by atoms with Crippen molar-refractivity contribution in [2.75, 3.05) is 26.8 Å². The van der Waals surface area contributed by atoms with Gasteiger partial charge in [0.15, 0.2) is 0 Å². The second-order valence-electron chi connectivity index (χ2n) is 4.12. The van der Waals surface area contributed by atoms with Crippen LogP contribution in [-0.4, -0.2) is 44.1 Å². The zero-order valence-corrected chi connectivity index (χ0v) is 10.3. The quantitative estimate of drug-likeness (QED) is 0.564. The normalized spacial score (nSPS) is 14.5. The second kappa shape index (κ2) is 8.20. The highest BCUT2D eigenvalue weighted by atomic mass is 16.5. The van der Waals surface area contributed by atoms with Crippen molar-refractivity contribution < 1.29 is 9.84 Å². The Morgan fingerprint density at radius 3 is 2.71 bits per heavy atom. The van der Waals surface area contributed by atoms with Crippen LogP contribution in [0.4, 0.5) is 0 Å². The molecule has 0 unspecified atom stereocenters. The molecule has 1 rings (SSSR count). The van der Waals surface area contributed by atoms with Gasteiger partial charge in [0, 0.05) is 26.2 Å². The number of ether oxygens (including phenoxy) is 1. The van der Waals surface area contributed by atoms with Crippen molar-refractivity contribution in [1.29, 1.82) is 0 Å². The van der Waals surface area contributed by atoms with Gasteiger partial charge < -0.3 is 20.9 Å². The molecular weight excluding hydrogens is 216 g/mol. The van der Waals surface area contributed by atoms with Crippen molar-refractivity contribution in [3.63, 3.8) is 0 Å². The lowest BCUT2D eigenvalue weighted by Gasteiger charge is -2.19. The molecule has 4 N–H and O–H groups in total. The third kappa shape index (κ3) is 5.79. The minimum Gasteiger partial charge on any atom is -0.390 e. The molecule has 0 saturated heterocycles. The van der Waals surface area contributed by atoms with Crippen LogP contribution in [0.3, 0.4) is 0 Å². The third-order valence-corrected chi connectivity index (χ3v) is 2.64. The van der Waals surface area contributed by atoms with Crippen LogP contribution in [-0.2, 0) is 11.2 Å². The minimum absolute atomic E-state index is 0.243. The number of nitrogens with two attached hydrogens (primary N) is 1. The summed E-state index contributed by atoms with van der Waals surface area (Å²) in [4.78, 5) is 0. The Bertz CT molecular complexity index is 293. The molecule has 0 saturated carbocycles. The van der Waals surface area contributed by atoms with Crippen LogP contribution in [0, 0.1) is 0 Å². The maximum Gasteiger partial charge on any atom is 0.0818 e. The van der Waals surface area contributed by atoms with Crippen LogP contribution in [0.15, 0.2) is 30.3 Å². The smallest absolute Gasteiger partial charge is 0.0818 e. The van der Waals surface area contributed by atoms with Gasteiger partial charge in [-0.15, -0.1) is 0 Å². The molecule has 0 amide bonds. The summed E-state index contributed by atoms with van der Waals surface area (Å²) in [6.07, 6.45) is 0.153. The van der Waals surface area contributed by atoms with Crippen LogP contribution >= 0.6 is 0 Å². The molecule has 1 aromatic rings. The van der Waals surface area contributed by atoms with E-state index in [4.69, 9.17) is 10.5 Å². The van der Waals surface area contributed by atoms with Gasteiger partial charge in [0.2, 0.25) is 0 Å². The Labute approximate surface area is 103 Å². The van der Waals surface area contributed by atoms with E-state index in [-0.39, 0.29) is 6.04 Å². The summed E-state index contributed by atoms with van der Waals surface area (Å²) in [7, 11) is 1.65. The Morgan fingerprint density at radius 1 is 1.35 bits per heavy atom. The Hall–Kier alpha value is -0.940. The lowest BCUT2D eigenvalue weighted by atomic mass is 10.0. The molecule has 0 spiro atoms. The van der Waals surface area contributed by atoms with Crippen LogP contribution in [0.2, 0.25) is 0 Å². The number of rotatable bonds is 8. The van der Waals surface area contributed by atoms with E-state index < -0.39 is 6.10 Å². The van der Waals surface area contributed by atoms with Crippen molar-refractivity contribution in [1.82, 2.24) is 5.32 Å². The first kappa shape index (κ1) is 14.1. The number of aliphatic hydroxyl groups is 1. The lowest BCUT2D eigenvalue weighted by Crippen LogP contribution is -2.43. The highest BCUT2D eigenvalue weighted by Gasteiger charge is 2.14. The topological polar surface area (TPSA) is 67.5 Å². The molecule has 0 radical (unpaired) electrons. The maximum atomic E-state index is 9.85. The standard InChI is InChI=1S/C13H22N2O2/c1-17-8-7-15-10-13(16)12(14)9-11-5-3-2-4-6-11/h2-6,12-13,15-16H,7-10,14H2,1H3/t12-,13+/m0/s1. The second-order valence-corrected chi connectivity index (χ2v) is 4.12. The van der Waals surface area contributed by atoms with E-state index in [0.29, 0.717) is 19.6 Å². The van der Waals surface area contributed by atoms with Crippen molar-refractivity contribution in [2.24, 2.45) is 5.73 Å². The van der Waals surface area contributed by atoms with E-state index in [0.717, 1.165) is 12.1 Å². The molecule has 0 aliphatic heterocycles. The molecule has 0 aliphatic rings. The Morgan fingerprint density at radius 2 is 2.06 bits per heavy atom. The molecule has 0 aromatic heterocycles. The van der Waals surface area contributed by atoms with Gasteiger partial charge in [-0.05, 0) is 12.0 Å². The van der Waals surface area contributed by atoms with Gasteiger partial charge in [0.05, 0.1) is 12.7 Å². The average molecular weight is 238 g/mol. The highest BCUT2D eigenvalue weighted by Crippen LogP contribution is 2.04. The maximum absolute atomic E-state index is 9.85. The minimum atomic E-state index is -0.535. The predicted molar refractivity (Wildman–Crippen MR) is 68.9 cm³/mol. The number of hydrogen-bond acceptors (Lipinski definition) is 4. The van der Waals surface area contributed by atoms with Crippen molar-refractivity contribution in [2.45, 2.75) is 18.6 Å². The molecule has 4 heteroatoms. The van der Waals surface area contributed by atoms with Crippen molar-refractivity contribution in [3.8, 4) is 0 Å².